The van der Waals surface area contributed by atoms with Crippen molar-refractivity contribution in [3.8, 4) is 0 Å². The molecular formula is C13H19N3O2. The second-order valence-corrected chi connectivity index (χ2v) is 4.76. The summed E-state index contributed by atoms with van der Waals surface area (Å²) >= 11 is 0. The second kappa shape index (κ2) is 4.57. The van der Waals surface area contributed by atoms with E-state index in [1.165, 1.54) is 4.57 Å². The Hall–Kier alpha value is -1.62. The molecule has 2 N–H and O–H groups in total. The number of nitrogen functional groups attached to an aromatic ring is 1. The molecule has 0 amide bonds. The molecule has 0 bridgehead atoms. The molecular weight excluding hydrogens is 230 g/mol. The minimum absolute atomic E-state index is 0.229. The molecule has 1 aliphatic rings. The van der Waals surface area contributed by atoms with Crippen molar-refractivity contribution in [1.29, 1.82) is 0 Å². The van der Waals surface area contributed by atoms with E-state index in [0.29, 0.717) is 5.92 Å². The zero-order valence-corrected chi connectivity index (χ0v) is 10.8. The van der Waals surface area contributed by atoms with Gasteiger partial charge in [-0.05, 0) is 24.8 Å². The van der Waals surface area contributed by atoms with Crippen LogP contribution in [0.3, 0.4) is 0 Å². The number of anilines is 1. The molecule has 2 rings (SSSR count). The van der Waals surface area contributed by atoms with Gasteiger partial charge in [0.25, 0.3) is 0 Å². The fourth-order valence-electron chi connectivity index (χ4n) is 2.56. The quantitative estimate of drug-likeness (QED) is 0.828. The summed E-state index contributed by atoms with van der Waals surface area (Å²) < 4.78 is 7.52. The van der Waals surface area contributed by atoms with E-state index in [1.54, 1.807) is 12.3 Å². The Bertz CT molecular complexity index is 511. The predicted octanol–water partition coefficient (Wildman–Crippen LogP) is 1.72. The molecule has 0 aromatic carbocycles. The smallest absolute Gasteiger partial charge is 0.351 e. The van der Waals surface area contributed by atoms with Crippen LogP contribution in [0.15, 0.2) is 29.7 Å². The first-order chi connectivity index (χ1) is 8.52. The normalized spacial score (nSPS) is 31.4. The molecule has 3 atom stereocenters. The molecule has 2 heterocycles. The Morgan fingerprint density at radius 2 is 2.50 bits per heavy atom. The van der Waals surface area contributed by atoms with Crippen LogP contribution in [0.25, 0.3) is 0 Å². The summed E-state index contributed by atoms with van der Waals surface area (Å²) in [6.07, 6.45) is 4.79. The third kappa shape index (κ3) is 1.95. The first-order valence-corrected chi connectivity index (χ1v) is 6.18. The average molecular weight is 249 g/mol. The van der Waals surface area contributed by atoms with E-state index < -0.39 is 0 Å². The van der Waals surface area contributed by atoms with Crippen molar-refractivity contribution >= 4 is 5.82 Å². The summed E-state index contributed by atoms with van der Waals surface area (Å²) in [5, 5.41) is 0. The molecule has 1 aliphatic heterocycles. The zero-order chi connectivity index (χ0) is 13.3. The maximum atomic E-state index is 11.8. The van der Waals surface area contributed by atoms with Crippen molar-refractivity contribution in [2.24, 2.45) is 5.92 Å². The van der Waals surface area contributed by atoms with Crippen LogP contribution in [0.1, 0.15) is 32.9 Å². The van der Waals surface area contributed by atoms with Gasteiger partial charge in [-0.2, -0.15) is 4.98 Å². The lowest BCUT2D eigenvalue weighted by Crippen LogP contribution is -2.32. The van der Waals surface area contributed by atoms with Crippen molar-refractivity contribution in [3.05, 3.63) is 35.4 Å². The van der Waals surface area contributed by atoms with Crippen molar-refractivity contribution in [2.75, 3.05) is 5.73 Å². The Morgan fingerprint density at radius 1 is 1.78 bits per heavy atom. The molecule has 98 valence electrons. The number of aromatic nitrogens is 2. The Labute approximate surface area is 106 Å². The van der Waals surface area contributed by atoms with Gasteiger partial charge in [-0.25, -0.2) is 4.79 Å². The summed E-state index contributed by atoms with van der Waals surface area (Å²) in [5.41, 5.74) is 4.75. The van der Waals surface area contributed by atoms with Gasteiger partial charge in [0.15, 0.2) is 0 Å². The fourth-order valence-corrected chi connectivity index (χ4v) is 2.56. The number of ether oxygens (including phenoxy) is 1. The third-order valence-corrected chi connectivity index (χ3v) is 3.80. The van der Waals surface area contributed by atoms with E-state index in [2.05, 4.69) is 25.4 Å². The highest BCUT2D eigenvalue weighted by Crippen LogP contribution is 2.43. The summed E-state index contributed by atoms with van der Waals surface area (Å²) in [6, 6.07) is 1.61. The van der Waals surface area contributed by atoms with Gasteiger partial charge >= 0.3 is 5.69 Å². The van der Waals surface area contributed by atoms with Crippen molar-refractivity contribution in [1.82, 2.24) is 9.55 Å². The highest BCUT2D eigenvalue weighted by molar-refractivity contribution is 5.23. The topological polar surface area (TPSA) is 70.1 Å². The number of hydrogen-bond donors (Lipinski definition) is 1. The molecule has 1 fully saturated rings. The second-order valence-electron chi connectivity index (χ2n) is 4.76. The lowest BCUT2D eigenvalue weighted by molar-refractivity contribution is -0.0559. The molecule has 0 saturated carbocycles. The number of rotatable bonds is 3. The Balaban J connectivity index is 2.32. The van der Waals surface area contributed by atoms with Crippen LogP contribution in [0.2, 0.25) is 0 Å². The Morgan fingerprint density at radius 3 is 3.00 bits per heavy atom. The van der Waals surface area contributed by atoms with Gasteiger partial charge in [0, 0.05) is 6.20 Å². The van der Waals surface area contributed by atoms with Crippen LogP contribution in [-0.2, 0) is 4.74 Å². The van der Waals surface area contributed by atoms with E-state index in [4.69, 9.17) is 10.5 Å². The lowest BCUT2D eigenvalue weighted by Gasteiger charge is -2.28. The zero-order valence-electron chi connectivity index (χ0n) is 10.8. The van der Waals surface area contributed by atoms with Gasteiger partial charge in [-0.1, -0.05) is 19.9 Å². The lowest BCUT2D eigenvalue weighted by atomic mass is 9.86. The maximum absolute atomic E-state index is 11.8. The van der Waals surface area contributed by atoms with Crippen LogP contribution in [-0.4, -0.2) is 15.2 Å². The minimum Gasteiger partial charge on any atom is -0.383 e. The molecule has 5 heteroatoms. The van der Waals surface area contributed by atoms with Gasteiger partial charge in [-0.3, -0.25) is 4.57 Å². The van der Waals surface area contributed by atoms with Gasteiger partial charge in [0.05, 0.1) is 5.60 Å². The summed E-state index contributed by atoms with van der Waals surface area (Å²) in [4.78, 5) is 15.5. The van der Waals surface area contributed by atoms with Crippen LogP contribution < -0.4 is 11.4 Å². The van der Waals surface area contributed by atoms with Gasteiger partial charge in [-0.15, -0.1) is 6.58 Å². The standard InChI is InChI=1S/C13H19N3O2/c1-4-13(5-2)9(3)8-11(18-13)16-7-6-10(14)15-12(16)17/h4,6-7,9,11H,1,5,8H2,2-3H3,(H2,14,15,17)/t9-,11+,13+/m0/s1. The first kappa shape index (κ1) is 12.8. The highest BCUT2D eigenvalue weighted by atomic mass is 16.5. The van der Waals surface area contributed by atoms with E-state index >= 15 is 0 Å². The predicted molar refractivity (Wildman–Crippen MR) is 70.0 cm³/mol. The molecule has 0 spiro atoms. The van der Waals surface area contributed by atoms with E-state index in [-0.39, 0.29) is 23.3 Å². The van der Waals surface area contributed by atoms with Gasteiger partial charge < -0.3 is 10.5 Å². The van der Waals surface area contributed by atoms with E-state index in [1.807, 2.05) is 6.08 Å². The van der Waals surface area contributed by atoms with Crippen LogP contribution in [0, 0.1) is 5.92 Å². The van der Waals surface area contributed by atoms with Crippen molar-refractivity contribution in [2.45, 2.75) is 38.5 Å². The molecule has 1 saturated heterocycles. The first-order valence-electron chi connectivity index (χ1n) is 6.18. The Kier molecular flexibility index (Phi) is 3.26. The molecule has 0 radical (unpaired) electrons. The van der Waals surface area contributed by atoms with Crippen molar-refractivity contribution < 1.29 is 4.74 Å². The summed E-state index contributed by atoms with van der Waals surface area (Å²) in [5.74, 6) is 0.544. The summed E-state index contributed by atoms with van der Waals surface area (Å²) in [7, 11) is 0. The number of nitrogens with two attached hydrogens (primary N) is 1. The highest BCUT2D eigenvalue weighted by Gasteiger charge is 2.43. The summed E-state index contributed by atoms with van der Waals surface area (Å²) in [6.45, 7) is 8.02. The fraction of sp³-hybridized carbons (Fsp3) is 0.538. The van der Waals surface area contributed by atoms with Gasteiger partial charge in [0.1, 0.15) is 12.0 Å². The monoisotopic (exact) mass is 249 g/mol. The van der Waals surface area contributed by atoms with Crippen molar-refractivity contribution in [3.63, 3.8) is 0 Å². The molecule has 1 aromatic rings. The number of hydrogen-bond acceptors (Lipinski definition) is 4. The van der Waals surface area contributed by atoms with Crippen LogP contribution in [0.4, 0.5) is 5.82 Å². The molecule has 1 aromatic heterocycles. The molecule has 5 nitrogen and oxygen atoms in total. The van der Waals surface area contributed by atoms with Gasteiger partial charge in [0.2, 0.25) is 0 Å². The number of nitrogens with zero attached hydrogens (tertiary/aromatic N) is 2. The van der Waals surface area contributed by atoms with E-state index in [0.717, 1.165) is 12.8 Å². The van der Waals surface area contributed by atoms with Crippen LogP contribution >= 0.6 is 0 Å². The molecule has 0 aliphatic carbocycles. The minimum atomic E-state index is -0.372. The van der Waals surface area contributed by atoms with Crippen LogP contribution in [0.5, 0.6) is 0 Å². The maximum Gasteiger partial charge on any atom is 0.351 e. The third-order valence-electron chi connectivity index (χ3n) is 3.80. The molecule has 0 unspecified atom stereocenters. The SMILES string of the molecule is C=C[C@]1(CC)O[C@@H](n2ccc(N)nc2=O)C[C@@H]1C. The average Bonchev–Trinajstić information content (AvgIpc) is 2.67. The molecule has 18 heavy (non-hydrogen) atoms. The van der Waals surface area contributed by atoms with E-state index in [9.17, 15) is 4.79 Å². The largest absolute Gasteiger partial charge is 0.383 e.